The van der Waals surface area contributed by atoms with Crippen LogP contribution in [0.15, 0.2) is 36.8 Å². The van der Waals surface area contributed by atoms with Crippen LogP contribution < -0.4 is 0 Å². The van der Waals surface area contributed by atoms with E-state index in [0.29, 0.717) is 11.3 Å². The third-order valence-electron chi connectivity index (χ3n) is 2.12. The molecule has 0 bridgehead atoms. The Kier molecular flexibility index (Phi) is 2.58. The highest BCUT2D eigenvalue weighted by atomic mass is 16.1. The monoisotopic (exact) mass is 201 g/mol. The molecule has 0 radical (unpaired) electrons. The first-order valence-corrected chi connectivity index (χ1v) is 4.79. The smallest absolute Gasteiger partial charge is 0.214 e. The molecule has 0 atom stereocenters. The van der Waals surface area contributed by atoms with E-state index in [1.807, 2.05) is 6.92 Å². The number of ketones is 1. The van der Waals surface area contributed by atoms with E-state index in [9.17, 15) is 4.79 Å². The molecule has 4 nitrogen and oxygen atoms in total. The Hall–Kier alpha value is -1.97. The zero-order valence-electron chi connectivity index (χ0n) is 8.42. The Morgan fingerprint density at radius 2 is 2.33 bits per heavy atom. The SMILES string of the molecule is CCn1cc(C(=O)c2ccccn2)cn1. The van der Waals surface area contributed by atoms with Gasteiger partial charge in [0, 0.05) is 18.9 Å². The highest BCUT2D eigenvalue weighted by Crippen LogP contribution is 2.05. The number of rotatable bonds is 3. The summed E-state index contributed by atoms with van der Waals surface area (Å²) in [5, 5.41) is 4.05. The second-order valence-electron chi connectivity index (χ2n) is 3.13. The molecule has 2 aromatic heterocycles. The maximum atomic E-state index is 11.9. The number of pyridine rings is 1. The van der Waals surface area contributed by atoms with Gasteiger partial charge in [-0.15, -0.1) is 0 Å². The van der Waals surface area contributed by atoms with E-state index in [0.717, 1.165) is 6.54 Å². The van der Waals surface area contributed by atoms with E-state index in [-0.39, 0.29) is 5.78 Å². The maximum absolute atomic E-state index is 11.9. The zero-order chi connectivity index (χ0) is 10.7. The summed E-state index contributed by atoms with van der Waals surface area (Å²) in [7, 11) is 0. The summed E-state index contributed by atoms with van der Waals surface area (Å²) in [6.45, 7) is 2.73. The summed E-state index contributed by atoms with van der Waals surface area (Å²) in [5.74, 6) is -0.0877. The standard InChI is InChI=1S/C11H11N3O/c1-2-14-8-9(7-13-14)11(15)10-5-3-4-6-12-10/h3-8H,2H2,1H3. The van der Waals surface area contributed by atoms with Crippen molar-refractivity contribution in [2.75, 3.05) is 0 Å². The molecule has 0 saturated carbocycles. The van der Waals surface area contributed by atoms with Gasteiger partial charge in [-0.2, -0.15) is 5.10 Å². The minimum atomic E-state index is -0.0877. The van der Waals surface area contributed by atoms with Gasteiger partial charge in [-0.3, -0.25) is 14.5 Å². The molecule has 0 saturated heterocycles. The largest absolute Gasteiger partial charge is 0.287 e. The van der Waals surface area contributed by atoms with Crippen molar-refractivity contribution in [3.63, 3.8) is 0 Å². The Balaban J connectivity index is 2.29. The van der Waals surface area contributed by atoms with Gasteiger partial charge in [0.05, 0.1) is 11.8 Å². The van der Waals surface area contributed by atoms with E-state index in [2.05, 4.69) is 10.1 Å². The quantitative estimate of drug-likeness (QED) is 0.707. The summed E-state index contributed by atoms with van der Waals surface area (Å²) in [5.41, 5.74) is 1.03. The lowest BCUT2D eigenvalue weighted by Gasteiger charge is -1.95. The molecular formula is C11H11N3O. The molecule has 0 aliphatic rings. The molecule has 76 valence electrons. The lowest BCUT2D eigenvalue weighted by molar-refractivity contribution is 0.103. The number of aryl methyl sites for hydroxylation is 1. The molecule has 2 rings (SSSR count). The Labute approximate surface area is 87.6 Å². The molecule has 0 amide bonds. The minimum absolute atomic E-state index is 0.0877. The van der Waals surface area contributed by atoms with Gasteiger partial charge in [0.2, 0.25) is 5.78 Å². The van der Waals surface area contributed by atoms with Gasteiger partial charge in [0.1, 0.15) is 5.69 Å². The first-order valence-electron chi connectivity index (χ1n) is 4.79. The average Bonchev–Trinajstić information content (AvgIpc) is 2.78. The van der Waals surface area contributed by atoms with Crippen LogP contribution in [-0.2, 0) is 6.54 Å². The van der Waals surface area contributed by atoms with Crippen molar-refractivity contribution in [2.45, 2.75) is 13.5 Å². The van der Waals surface area contributed by atoms with Crippen molar-refractivity contribution in [1.29, 1.82) is 0 Å². The summed E-state index contributed by atoms with van der Waals surface area (Å²) >= 11 is 0. The Bertz CT molecular complexity index is 462. The molecule has 0 aliphatic heterocycles. The molecule has 4 heteroatoms. The predicted molar refractivity (Wildman–Crippen MR) is 55.6 cm³/mol. The molecule has 2 heterocycles. The third-order valence-corrected chi connectivity index (χ3v) is 2.12. The lowest BCUT2D eigenvalue weighted by Crippen LogP contribution is -2.02. The van der Waals surface area contributed by atoms with Gasteiger partial charge in [-0.1, -0.05) is 6.07 Å². The van der Waals surface area contributed by atoms with Crippen LogP contribution in [0.4, 0.5) is 0 Å². The first-order chi connectivity index (χ1) is 7.31. The predicted octanol–water partition coefficient (Wildman–Crippen LogP) is 1.53. The second-order valence-corrected chi connectivity index (χ2v) is 3.13. The minimum Gasteiger partial charge on any atom is -0.287 e. The fraction of sp³-hybridized carbons (Fsp3) is 0.182. The molecular weight excluding hydrogens is 190 g/mol. The van der Waals surface area contributed by atoms with E-state index in [1.54, 1.807) is 41.5 Å². The Morgan fingerprint density at radius 1 is 1.47 bits per heavy atom. The maximum Gasteiger partial charge on any atom is 0.214 e. The highest BCUT2D eigenvalue weighted by Gasteiger charge is 2.11. The third kappa shape index (κ3) is 1.93. The van der Waals surface area contributed by atoms with Crippen molar-refractivity contribution in [3.8, 4) is 0 Å². The number of nitrogens with zero attached hydrogens (tertiary/aromatic N) is 3. The molecule has 15 heavy (non-hydrogen) atoms. The fourth-order valence-electron chi connectivity index (χ4n) is 1.30. The molecule has 0 aliphatic carbocycles. The van der Waals surface area contributed by atoms with E-state index in [1.165, 1.54) is 0 Å². The van der Waals surface area contributed by atoms with Crippen LogP contribution in [0.5, 0.6) is 0 Å². The van der Waals surface area contributed by atoms with Gasteiger partial charge in [-0.05, 0) is 19.1 Å². The van der Waals surface area contributed by atoms with E-state index < -0.39 is 0 Å². The molecule has 0 N–H and O–H groups in total. The van der Waals surface area contributed by atoms with Crippen LogP contribution in [0.2, 0.25) is 0 Å². The van der Waals surface area contributed by atoms with E-state index >= 15 is 0 Å². The van der Waals surface area contributed by atoms with Gasteiger partial charge in [0.15, 0.2) is 0 Å². The van der Waals surface area contributed by atoms with Gasteiger partial charge in [0.25, 0.3) is 0 Å². The van der Waals surface area contributed by atoms with Crippen LogP contribution in [-0.4, -0.2) is 20.5 Å². The van der Waals surface area contributed by atoms with Crippen molar-refractivity contribution in [3.05, 3.63) is 48.0 Å². The molecule has 0 aromatic carbocycles. The van der Waals surface area contributed by atoms with Gasteiger partial charge < -0.3 is 0 Å². The average molecular weight is 201 g/mol. The summed E-state index contributed by atoms with van der Waals surface area (Å²) < 4.78 is 1.72. The van der Waals surface area contributed by atoms with E-state index in [4.69, 9.17) is 0 Å². The van der Waals surface area contributed by atoms with Crippen molar-refractivity contribution in [1.82, 2.24) is 14.8 Å². The van der Waals surface area contributed by atoms with Gasteiger partial charge in [-0.25, -0.2) is 0 Å². The zero-order valence-corrected chi connectivity index (χ0v) is 8.42. The van der Waals surface area contributed by atoms with Crippen LogP contribution >= 0.6 is 0 Å². The van der Waals surface area contributed by atoms with Crippen molar-refractivity contribution >= 4 is 5.78 Å². The van der Waals surface area contributed by atoms with Crippen LogP contribution in [0.25, 0.3) is 0 Å². The van der Waals surface area contributed by atoms with Gasteiger partial charge >= 0.3 is 0 Å². The summed E-state index contributed by atoms with van der Waals surface area (Å²) in [4.78, 5) is 15.9. The first kappa shape index (κ1) is 9.58. The van der Waals surface area contributed by atoms with Crippen LogP contribution in [0, 0.1) is 0 Å². The van der Waals surface area contributed by atoms with Crippen molar-refractivity contribution in [2.24, 2.45) is 0 Å². The molecule has 2 aromatic rings. The number of hydrogen-bond donors (Lipinski definition) is 0. The lowest BCUT2D eigenvalue weighted by atomic mass is 10.1. The number of aromatic nitrogens is 3. The summed E-state index contributed by atoms with van der Waals surface area (Å²) in [6, 6.07) is 5.28. The van der Waals surface area contributed by atoms with Crippen molar-refractivity contribution < 1.29 is 4.79 Å². The Morgan fingerprint density at radius 3 is 2.93 bits per heavy atom. The highest BCUT2D eigenvalue weighted by molar-refractivity contribution is 6.07. The fourth-order valence-corrected chi connectivity index (χ4v) is 1.30. The number of carbonyl (C=O) groups excluding carboxylic acids is 1. The summed E-state index contributed by atoms with van der Waals surface area (Å²) in [6.07, 6.45) is 4.91. The molecule has 0 fully saturated rings. The van der Waals surface area contributed by atoms with Crippen LogP contribution in [0.1, 0.15) is 23.0 Å². The molecule has 0 unspecified atom stereocenters. The van der Waals surface area contributed by atoms with Crippen LogP contribution in [0.3, 0.4) is 0 Å². The second kappa shape index (κ2) is 4.04. The normalized spacial score (nSPS) is 10.2. The number of carbonyl (C=O) groups is 1. The number of hydrogen-bond acceptors (Lipinski definition) is 3. The molecule has 0 spiro atoms. The topological polar surface area (TPSA) is 47.8 Å².